The van der Waals surface area contributed by atoms with Crippen molar-refractivity contribution in [3.05, 3.63) is 12.8 Å². The molecule has 3 N–H and O–H groups in total. The number of aliphatic hydroxyl groups excluding tert-OH is 2. The molecule has 2 aliphatic heterocycles. The van der Waals surface area contributed by atoms with Crippen LogP contribution in [0, 0.1) is 0 Å². The lowest BCUT2D eigenvalue weighted by Crippen LogP contribution is -2.55. The van der Waals surface area contributed by atoms with E-state index in [2.05, 4.69) is 16.8 Å². The monoisotopic (exact) mass is 242 g/mol. The van der Waals surface area contributed by atoms with Gasteiger partial charge in [-0.15, -0.1) is 0 Å². The number of aliphatic hydroxyl groups is 2. The minimum atomic E-state index is -0.690. The van der Waals surface area contributed by atoms with Crippen LogP contribution in [0.4, 0.5) is 0 Å². The number of hydrogen-bond acceptors (Lipinski definition) is 5. The van der Waals surface area contributed by atoms with Crippen LogP contribution in [0.25, 0.3) is 0 Å². The van der Waals surface area contributed by atoms with Crippen molar-refractivity contribution in [2.75, 3.05) is 20.1 Å². The van der Waals surface area contributed by atoms with Gasteiger partial charge in [0.15, 0.2) is 0 Å². The smallest absolute Gasteiger partial charge is 0.101 e. The van der Waals surface area contributed by atoms with Crippen LogP contribution in [-0.2, 0) is 4.74 Å². The second-order valence-electron chi connectivity index (χ2n) is 4.99. The predicted molar refractivity (Wildman–Crippen MR) is 64.5 cm³/mol. The molecule has 2 aliphatic rings. The Labute approximate surface area is 102 Å². The number of rotatable bonds is 3. The van der Waals surface area contributed by atoms with Gasteiger partial charge >= 0.3 is 0 Å². The first kappa shape index (κ1) is 12.8. The largest absolute Gasteiger partial charge is 0.499 e. The molecule has 5 heteroatoms. The third-order valence-corrected chi connectivity index (χ3v) is 3.90. The zero-order chi connectivity index (χ0) is 12.4. The van der Waals surface area contributed by atoms with Crippen molar-refractivity contribution >= 4 is 0 Å². The molecule has 0 bridgehead atoms. The Balaban J connectivity index is 2.00. The normalized spacial score (nSPS) is 43.6. The molecule has 2 rings (SSSR count). The molecular formula is C12H22N2O3. The van der Waals surface area contributed by atoms with Crippen LogP contribution in [-0.4, -0.2) is 65.6 Å². The van der Waals surface area contributed by atoms with Crippen molar-refractivity contribution in [2.24, 2.45) is 0 Å². The Hall–Kier alpha value is -0.620. The molecule has 2 fully saturated rings. The Kier molecular flexibility index (Phi) is 4.04. The van der Waals surface area contributed by atoms with Gasteiger partial charge in [-0.25, -0.2) is 0 Å². The number of likely N-dealkylation sites (N-methyl/N-ethyl adjacent to an activating group) is 1. The van der Waals surface area contributed by atoms with E-state index in [-0.39, 0.29) is 18.2 Å². The molecule has 5 nitrogen and oxygen atoms in total. The summed E-state index contributed by atoms with van der Waals surface area (Å²) in [5, 5.41) is 22.7. The van der Waals surface area contributed by atoms with Crippen molar-refractivity contribution < 1.29 is 14.9 Å². The van der Waals surface area contributed by atoms with E-state index in [1.54, 1.807) is 0 Å². The summed E-state index contributed by atoms with van der Waals surface area (Å²) in [4.78, 5) is 2.22. The van der Waals surface area contributed by atoms with Crippen molar-refractivity contribution in [1.82, 2.24) is 10.2 Å². The van der Waals surface area contributed by atoms with Crippen LogP contribution < -0.4 is 5.32 Å². The standard InChI is InChI=1S/C12H22N2O3/c1-3-17-8-4-5-14(2)9(6-8)11-12(16)10(15)7-13-11/h3,8-13,15-16H,1,4-7H2,2H3. The average molecular weight is 242 g/mol. The summed E-state index contributed by atoms with van der Waals surface area (Å²) in [7, 11) is 2.05. The van der Waals surface area contributed by atoms with Crippen molar-refractivity contribution in [3.63, 3.8) is 0 Å². The second kappa shape index (κ2) is 5.35. The van der Waals surface area contributed by atoms with Crippen molar-refractivity contribution in [1.29, 1.82) is 0 Å². The summed E-state index contributed by atoms with van der Waals surface area (Å²) in [6.45, 7) is 4.98. The van der Waals surface area contributed by atoms with Gasteiger partial charge in [-0.05, 0) is 13.5 Å². The molecule has 2 heterocycles. The fourth-order valence-corrected chi connectivity index (χ4v) is 2.86. The lowest BCUT2D eigenvalue weighted by molar-refractivity contribution is -0.0105. The zero-order valence-electron chi connectivity index (χ0n) is 10.2. The Morgan fingerprint density at radius 2 is 2.24 bits per heavy atom. The van der Waals surface area contributed by atoms with Gasteiger partial charge in [-0.2, -0.15) is 0 Å². The SMILES string of the molecule is C=COC1CCN(C)C(C2NCC(O)C2O)C1. The van der Waals surface area contributed by atoms with E-state index in [4.69, 9.17) is 4.74 Å². The summed E-state index contributed by atoms with van der Waals surface area (Å²) in [6.07, 6.45) is 2.13. The maximum Gasteiger partial charge on any atom is 0.101 e. The predicted octanol–water partition coefficient (Wildman–Crippen LogP) is -0.697. The minimum absolute atomic E-state index is 0.0776. The highest BCUT2D eigenvalue weighted by Gasteiger charge is 2.42. The molecule has 0 aromatic rings. The van der Waals surface area contributed by atoms with Crippen LogP contribution >= 0.6 is 0 Å². The third kappa shape index (κ3) is 2.63. The number of nitrogens with zero attached hydrogens (tertiary/aromatic N) is 1. The number of hydrogen-bond donors (Lipinski definition) is 3. The third-order valence-electron chi connectivity index (χ3n) is 3.90. The van der Waals surface area contributed by atoms with E-state index in [1.807, 2.05) is 7.05 Å². The average Bonchev–Trinajstić information content (AvgIpc) is 2.63. The molecule has 98 valence electrons. The van der Waals surface area contributed by atoms with E-state index in [0.29, 0.717) is 6.54 Å². The molecule has 0 saturated carbocycles. The Morgan fingerprint density at radius 3 is 2.82 bits per heavy atom. The van der Waals surface area contributed by atoms with Crippen LogP contribution in [0.3, 0.4) is 0 Å². The fourth-order valence-electron chi connectivity index (χ4n) is 2.86. The van der Waals surface area contributed by atoms with E-state index >= 15 is 0 Å². The first-order chi connectivity index (χ1) is 8.13. The highest BCUT2D eigenvalue weighted by molar-refractivity contribution is 5.00. The topological polar surface area (TPSA) is 65.0 Å². The van der Waals surface area contributed by atoms with Gasteiger partial charge in [0, 0.05) is 25.6 Å². The second-order valence-corrected chi connectivity index (χ2v) is 4.99. The first-order valence-electron chi connectivity index (χ1n) is 6.19. The molecule has 5 atom stereocenters. The molecule has 0 radical (unpaired) electrons. The van der Waals surface area contributed by atoms with Crippen LogP contribution in [0.5, 0.6) is 0 Å². The molecule has 0 spiro atoms. The van der Waals surface area contributed by atoms with Gasteiger partial charge in [0.25, 0.3) is 0 Å². The lowest BCUT2D eigenvalue weighted by Gasteiger charge is -2.40. The molecule has 17 heavy (non-hydrogen) atoms. The van der Waals surface area contributed by atoms with Crippen molar-refractivity contribution in [2.45, 2.75) is 43.2 Å². The van der Waals surface area contributed by atoms with E-state index in [9.17, 15) is 10.2 Å². The Bertz CT molecular complexity index is 274. The van der Waals surface area contributed by atoms with Crippen LogP contribution in [0.2, 0.25) is 0 Å². The fraction of sp³-hybridized carbons (Fsp3) is 0.833. The molecular weight excluding hydrogens is 220 g/mol. The number of piperidine rings is 1. The first-order valence-corrected chi connectivity index (χ1v) is 6.19. The van der Waals surface area contributed by atoms with Crippen LogP contribution in [0.15, 0.2) is 12.8 Å². The van der Waals surface area contributed by atoms with Crippen molar-refractivity contribution in [3.8, 4) is 0 Å². The molecule has 5 unspecified atom stereocenters. The Morgan fingerprint density at radius 1 is 1.47 bits per heavy atom. The summed E-state index contributed by atoms with van der Waals surface area (Å²) < 4.78 is 5.45. The highest BCUT2D eigenvalue weighted by Crippen LogP contribution is 2.25. The minimum Gasteiger partial charge on any atom is -0.499 e. The highest BCUT2D eigenvalue weighted by atomic mass is 16.5. The zero-order valence-corrected chi connectivity index (χ0v) is 10.2. The summed E-state index contributed by atoms with van der Waals surface area (Å²) in [5.74, 6) is 0. The number of ether oxygens (including phenoxy) is 1. The maximum absolute atomic E-state index is 9.94. The summed E-state index contributed by atoms with van der Waals surface area (Å²) in [5.41, 5.74) is 0. The molecule has 2 saturated heterocycles. The summed E-state index contributed by atoms with van der Waals surface area (Å²) >= 11 is 0. The number of nitrogens with one attached hydrogen (secondary N) is 1. The molecule has 0 amide bonds. The van der Waals surface area contributed by atoms with Gasteiger partial charge < -0.3 is 25.2 Å². The van der Waals surface area contributed by atoms with E-state index in [0.717, 1.165) is 19.4 Å². The van der Waals surface area contributed by atoms with E-state index in [1.165, 1.54) is 6.26 Å². The van der Waals surface area contributed by atoms with Gasteiger partial charge in [0.1, 0.15) is 6.10 Å². The number of β-amino-alcohol motifs (C(OH)–C–C–N with tert-alkyl or cyclic N) is 1. The van der Waals surface area contributed by atoms with Gasteiger partial charge in [0.2, 0.25) is 0 Å². The van der Waals surface area contributed by atoms with Gasteiger partial charge in [-0.3, -0.25) is 0 Å². The molecule has 0 aromatic carbocycles. The summed E-state index contributed by atoms with van der Waals surface area (Å²) in [6, 6.07) is 0.118. The maximum atomic E-state index is 9.94. The molecule has 0 aromatic heterocycles. The quantitative estimate of drug-likeness (QED) is 0.571. The number of likely N-dealkylation sites (tertiary alicyclic amines) is 1. The molecule has 0 aliphatic carbocycles. The van der Waals surface area contributed by atoms with E-state index < -0.39 is 12.2 Å². The van der Waals surface area contributed by atoms with Crippen LogP contribution in [0.1, 0.15) is 12.8 Å². The van der Waals surface area contributed by atoms with Gasteiger partial charge in [0.05, 0.1) is 24.5 Å². The van der Waals surface area contributed by atoms with Gasteiger partial charge in [-0.1, -0.05) is 6.58 Å². The lowest BCUT2D eigenvalue weighted by atomic mass is 9.91.